The maximum absolute atomic E-state index is 16.2. The van der Waals surface area contributed by atoms with E-state index >= 15 is 8.78 Å². The third-order valence-electron chi connectivity index (χ3n) is 19.1. The zero-order valence-electron chi connectivity index (χ0n) is 39.2. The molecular weight excluding hydrogens is 951 g/mol. The van der Waals surface area contributed by atoms with Crippen molar-refractivity contribution in [3.63, 3.8) is 0 Å². The molecule has 18 atom stereocenters. The van der Waals surface area contributed by atoms with Crippen LogP contribution in [0.15, 0.2) is 47.6 Å². The average molecular weight is 1010 g/mol. The lowest BCUT2D eigenvalue weighted by atomic mass is 9.46. The van der Waals surface area contributed by atoms with Crippen LogP contribution in [-0.4, -0.2) is 112 Å². The van der Waals surface area contributed by atoms with Crippen LogP contribution in [0.1, 0.15) is 107 Å². The van der Waals surface area contributed by atoms with Gasteiger partial charge in [0, 0.05) is 34.5 Å². The van der Waals surface area contributed by atoms with Crippen LogP contribution in [0.4, 0.5) is 8.78 Å². The molecule has 365 valence electrons. The Bertz CT molecular complexity index is 2170. The van der Waals surface area contributed by atoms with Gasteiger partial charge < -0.3 is 28.3 Å². The molecule has 0 bridgehead atoms. The van der Waals surface area contributed by atoms with Crippen LogP contribution in [0.25, 0.3) is 0 Å². The highest BCUT2D eigenvalue weighted by molar-refractivity contribution is 6.34. The largest absolute Gasteiger partial charge is 0.488 e. The number of allylic oxidation sites excluding steroid dienone is 8. The number of Topliss-reactive ketones (excluding diaryl/α,β-unsaturated/α-hetero) is 2. The molecule has 0 amide bonds. The minimum absolute atomic E-state index is 0.0731. The quantitative estimate of drug-likeness (QED) is 0.119. The summed E-state index contributed by atoms with van der Waals surface area (Å²) < 4.78 is 70.4. The Morgan fingerprint density at radius 3 is 1.39 bits per heavy atom. The van der Waals surface area contributed by atoms with Gasteiger partial charge in [0.25, 0.3) is 0 Å². The van der Waals surface area contributed by atoms with Crippen molar-refractivity contribution in [1.29, 1.82) is 0 Å². The van der Waals surface area contributed by atoms with Gasteiger partial charge in [0.15, 0.2) is 34.7 Å². The normalized spacial score (nSPS) is 51.6. The summed E-state index contributed by atoms with van der Waals surface area (Å²) in [5, 5.41) is -1.36. The highest BCUT2D eigenvalue weighted by Crippen LogP contribution is 2.76. The molecule has 0 spiro atoms. The maximum Gasteiger partial charge on any atom is 0.488 e. The number of ether oxygens (including phenoxy) is 4. The fourth-order valence-corrected chi connectivity index (χ4v) is 18.8. The van der Waals surface area contributed by atoms with E-state index in [-0.39, 0.29) is 73.9 Å². The number of halogens is 6. The van der Waals surface area contributed by atoms with Gasteiger partial charge in [-0.2, -0.15) is 0 Å². The molecule has 2 saturated heterocycles. The molecule has 0 N–H and O–H groups in total. The van der Waals surface area contributed by atoms with Crippen molar-refractivity contribution in [3.8, 4) is 0 Å². The molecule has 2 heterocycles. The second-order valence-electron chi connectivity index (χ2n) is 23.2. The van der Waals surface area contributed by atoms with Crippen LogP contribution < -0.4 is 0 Å². The Labute approximate surface area is 412 Å². The second-order valence-corrected chi connectivity index (χ2v) is 25.5. The summed E-state index contributed by atoms with van der Waals surface area (Å²) in [7, 11) is 0.994. The molecule has 67 heavy (non-hydrogen) atoms. The van der Waals surface area contributed by atoms with Gasteiger partial charge in [-0.05, 0) is 125 Å². The molecule has 10 aliphatic rings. The molecule has 0 aromatic rings. The molecule has 17 heteroatoms. The van der Waals surface area contributed by atoms with E-state index in [9.17, 15) is 19.2 Å². The molecule has 6 saturated carbocycles. The lowest BCUT2D eigenvalue weighted by Crippen LogP contribution is -2.68. The average Bonchev–Trinajstić information content (AvgIpc) is 3.81. The lowest BCUT2D eigenvalue weighted by Gasteiger charge is -2.64. The minimum atomic E-state index is -1.41. The van der Waals surface area contributed by atoms with Crippen molar-refractivity contribution in [1.82, 2.24) is 0 Å². The van der Waals surface area contributed by atoms with E-state index in [1.165, 1.54) is 24.3 Å². The molecule has 10 rings (SSSR count). The van der Waals surface area contributed by atoms with Crippen molar-refractivity contribution in [2.45, 2.75) is 175 Å². The predicted octanol–water partition coefficient (Wildman–Crippen LogP) is 9.14. The molecule has 0 aromatic carbocycles. The van der Waals surface area contributed by atoms with Crippen molar-refractivity contribution < 1.29 is 56.2 Å². The lowest BCUT2D eigenvalue weighted by molar-refractivity contribution is -0.215. The predicted molar refractivity (Wildman–Crippen MR) is 247 cm³/mol. The Morgan fingerprint density at radius 2 is 1.01 bits per heavy atom. The molecule has 8 aliphatic carbocycles. The third-order valence-corrected chi connectivity index (χ3v) is 22.2. The van der Waals surface area contributed by atoms with Gasteiger partial charge in [0.2, 0.25) is 0 Å². The summed E-state index contributed by atoms with van der Waals surface area (Å²) in [5.74, 6) is -4.52. The number of hydrogen-bond donors (Lipinski definition) is 0. The fraction of sp³-hybridized carbons (Fsp3) is 0.760. The molecule has 18 unspecified atom stereocenters. The molecule has 0 aromatic heterocycles. The topological polar surface area (TPSA) is 124 Å². The molecule has 2 aliphatic heterocycles. The summed E-state index contributed by atoms with van der Waals surface area (Å²) in [6, 6.07) is 0. The zero-order valence-corrected chi connectivity index (χ0v) is 42.3. The van der Waals surface area contributed by atoms with Crippen LogP contribution >= 0.6 is 46.4 Å². The first kappa shape index (κ1) is 49.1. The van der Waals surface area contributed by atoms with Gasteiger partial charge in [-0.25, -0.2) is 8.78 Å². The smallest absolute Gasteiger partial charge is 0.406 e. The summed E-state index contributed by atoms with van der Waals surface area (Å²) in [6.45, 7) is 14.3. The van der Waals surface area contributed by atoms with Crippen LogP contribution in [-0.2, 0) is 47.4 Å². The van der Waals surface area contributed by atoms with Crippen molar-refractivity contribution in [2.75, 3.05) is 13.2 Å². The van der Waals surface area contributed by atoms with E-state index in [1.807, 2.05) is 55.4 Å². The Hall–Kier alpha value is -1.52. The summed E-state index contributed by atoms with van der Waals surface area (Å²) >= 11 is 30.2. The second kappa shape index (κ2) is 15.5. The van der Waals surface area contributed by atoms with Gasteiger partial charge >= 0.3 is 7.69 Å². The van der Waals surface area contributed by atoms with Crippen LogP contribution in [0.5, 0.6) is 0 Å². The Balaban J connectivity index is 0.806. The van der Waals surface area contributed by atoms with E-state index in [4.69, 9.17) is 74.7 Å². The van der Waals surface area contributed by atoms with Crippen LogP contribution in [0, 0.1) is 45.3 Å². The minimum Gasteiger partial charge on any atom is -0.406 e. The standard InChI is InChI=1S/C50H60BCl4F2O10/c1-41(2)64-39-17-29-31-15-35(56)33-13-25(58)9-11-43(33,5)49(31,54)37(52)21-45(29,7)47(39,66-41)19-27(60)23-62-51-63-24-28(61)20-48-40(65-42(3,4)67-48)18-30-32-16-36(57)34-14-26(59)10-12-44(34,6)50(32,55)38(53)22-46(30,48)8/h9-14,29-32,35-40H,15-24H2,1-8H3. The van der Waals surface area contributed by atoms with E-state index in [1.54, 1.807) is 12.2 Å². The van der Waals surface area contributed by atoms with E-state index in [0.29, 0.717) is 36.8 Å². The van der Waals surface area contributed by atoms with E-state index in [0.717, 1.165) is 7.69 Å². The van der Waals surface area contributed by atoms with E-state index in [2.05, 4.69) is 0 Å². The molecule has 10 nitrogen and oxygen atoms in total. The van der Waals surface area contributed by atoms with Crippen molar-refractivity contribution in [3.05, 3.63) is 47.6 Å². The number of rotatable bonds is 10. The van der Waals surface area contributed by atoms with Gasteiger partial charge in [-0.1, -0.05) is 39.8 Å². The van der Waals surface area contributed by atoms with Gasteiger partial charge in [0.05, 0.1) is 45.9 Å². The number of alkyl halides is 6. The van der Waals surface area contributed by atoms with Crippen molar-refractivity contribution in [2.24, 2.45) is 45.3 Å². The zero-order chi connectivity index (χ0) is 48.5. The summed E-state index contributed by atoms with van der Waals surface area (Å²) in [5.41, 5.74) is -5.11. The first-order valence-corrected chi connectivity index (χ1v) is 25.4. The third kappa shape index (κ3) is 6.52. The molecular formula is C50H60BCl4F2O10. The molecule has 8 fully saturated rings. The maximum atomic E-state index is 16.2. The number of carbonyl (C=O) groups is 4. The number of fused-ring (bicyclic) bond motifs is 14. The summed E-state index contributed by atoms with van der Waals surface area (Å²) in [6.07, 6.45) is 6.80. The fourth-order valence-electron chi connectivity index (χ4n) is 16.4. The summed E-state index contributed by atoms with van der Waals surface area (Å²) in [4.78, 5) is 50.6. The van der Waals surface area contributed by atoms with Crippen LogP contribution in [0.3, 0.4) is 0 Å². The number of hydrogen-bond acceptors (Lipinski definition) is 10. The number of carbonyl (C=O) groups excluding carboxylic acids is 4. The molecule has 1 radical (unpaired) electrons. The van der Waals surface area contributed by atoms with E-state index < -0.39 is 101 Å². The van der Waals surface area contributed by atoms with Crippen molar-refractivity contribution >= 4 is 77.2 Å². The first-order chi connectivity index (χ1) is 31.1. The number of ketones is 4. The van der Waals surface area contributed by atoms with Gasteiger partial charge in [-0.3, -0.25) is 19.2 Å². The van der Waals surface area contributed by atoms with Crippen LogP contribution in [0.2, 0.25) is 0 Å². The van der Waals surface area contributed by atoms with Gasteiger partial charge in [-0.15, -0.1) is 46.4 Å². The monoisotopic (exact) mass is 1010 g/mol. The highest BCUT2D eigenvalue weighted by Gasteiger charge is 2.80. The highest BCUT2D eigenvalue weighted by atomic mass is 35.5. The first-order valence-electron chi connectivity index (χ1n) is 23.8. The Kier molecular flexibility index (Phi) is 11.4. The van der Waals surface area contributed by atoms with Gasteiger partial charge in [0.1, 0.15) is 23.5 Å². The Morgan fingerprint density at radius 1 is 0.642 bits per heavy atom. The SMILES string of the molecule is CC1(C)OC2CC3C4CC(F)C5=CC(=O)C=CC5(C)C4(Cl)C(Cl)CC3(C)C2(CC(=O)CO[B]OCC(=O)CC23OC(C)(C)OC2CC2C4CC(F)C5=CC(=O)C=CC5(C)C4(Cl)C(Cl)CC23C)O1.